The molecule has 7 rings (SSSR count). The quantitative estimate of drug-likeness (QED) is 0.262. The smallest absolute Gasteiger partial charge is 0.380 e. The number of aliphatic hydroxyl groups is 1. The molecule has 0 radical (unpaired) electrons. The van der Waals surface area contributed by atoms with E-state index in [0.29, 0.717) is 29.9 Å². The number of fused-ring (bicyclic) bond motifs is 1. The minimum absolute atomic E-state index is 0.109. The second kappa shape index (κ2) is 9.91. The van der Waals surface area contributed by atoms with E-state index in [2.05, 4.69) is 25.3 Å². The van der Waals surface area contributed by atoms with Gasteiger partial charge >= 0.3 is 12.5 Å². The van der Waals surface area contributed by atoms with Crippen LogP contribution in [-0.2, 0) is 4.74 Å². The Labute approximate surface area is 251 Å². The fourth-order valence-corrected chi connectivity index (χ4v) is 6.56. The van der Waals surface area contributed by atoms with Gasteiger partial charge in [0.25, 0.3) is 5.91 Å². The van der Waals surface area contributed by atoms with Crippen LogP contribution < -0.4 is 10.2 Å². The first-order valence-electron chi connectivity index (χ1n) is 14.1. The third-order valence-electron chi connectivity index (χ3n) is 8.96. The van der Waals surface area contributed by atoms with Crippen molar-refractivity contribution >= 4 is 22.8 Å². The maximum Gasteiger partial charge on any atom is 0.522 e. The highest BCUT2D eigenvalue weighted by Crippen LogP contribution is 2.60. The topological polar surface area (TPSA) is 118 Å². The highest BCUT2D eigenvalue weighted by Gasteiger charge is 2.69. The lowest BCUT2D eigenvalue weighted by molar-refractivity contribution is -0.352. The van der Waals surface area contributed by atoms with Crippen LogP contribution in [0.15, 0.2) is 47.2 Å². The molecule has 10 nitrogen and oxygen atoms in total. The van der Waals surface area contributed by atoms with E-state index >= 15 is 0 Å². The normalized spacial score (nSPS) is 22.2. The first kappa shape index (κ1) is 29.5. The molecule has 3 fully saturated rings. The van der Waals surface area contributed by atoms with Gasteiger partial charge in [-0.2, -0.15) is 23.3 Å². The summed E-state index contributed by atoms with van der Waals surface area (Å²) in [4.78, 5) is 19.6. The monoisotopic (exact) mass is 636 g/mol. The number of nitrogens with zero attached hydrogens (tertiary/aromatic N) is 5. The van der Waals surface area contributed by atoms with Crippen LogP contribution >= 0.6 is 0 Å². The van der Waals surface area contributed by atoms with Gasteiger partial charge in [0.1, 0.15) is 0 Å². The molecule has 16 heteroatoms. The second-order valence-electron chi connectivity index (χ2n) is 12.3. The summed E-state index contributed by atoms with van der Waals surface area (Å²) in [5, 5.41) is 21.0. The summed E-state index contributed by atoms with van der Waals surface area (Å²) in [6, 6.07) is 8.66. The Bertz CT molecular complexity index is 1780. The molecule has 4 aromatic rings. The number of benzene rings is 1. The first-order valence-corrected chi connectivity index (χ1v) is 14.1. The Morgan fingerprint density at radius 1 is 1.11 bits per heavy atom. The second-order valence-corrected chi connectivity index (χ2v) is 12.3. The molecule has 1 saturated heterocycles. The number of amides is 1. The number of carbonyl (C=O) groups is 1. The van der Waals surface area contributed by atoms with Crippen molar-refractivity contribution in [2.75, 3.05) is 23.3 Å². The molecule has 2 saturated carbocycles. The minimum atomic E-state index is -4.70. The van der Waals surface area contributed by atoms with Crippen molar-refractivity contribution in [3.8, 4) is 11.4 Å². The molecule has 4 heterocycles. The number of anilines is 2. The number of hydrogen-bond donors (Lipinski definition) is 2. The molecule has 238 valence electrons. The fourth-order valence-electron chi connectivity index (χ4n) is 6.56. The fraction of sp³-hybridized carbons (Fsp3) is 0.448. The van der Waals surface area contributed by atoms with E-state index in [9.17, 15) is 36.2 Å². The Hall–Kier alpha value is -4.18. The summed E-state index contributed by atoms with van der Waals surface area (Å²) in [7, 11) is 0. The van der Waals surface area contributed by atoms with Crippen LogP contribution in [0.5, 0.6) is 0 Å². The van der Waals surface area contributed by atoms with Crippen LogP contribution in [-0.4, -0.2) is 68.1 Å². The first-order chi connectivity index (χ1) is 21.1. The summed E-state index contributed by atoms with van der Waals surface area (Å²) < 4.78 is 87.4. The molecule has 1 aromatic carbocycles. The van der Waals surface area contributed by atoms with E-state index in [1.54, 1.807) is 43.5 Å². The van der Waals surface area contributed by atoms with E-state index in [1.807, 2.05) is 4.90 Å². The van der Waals surface area contributed by atoms with Crippen LogP contribution in [0.3, 0.4) is 0 Å². The van der Waals surface area contributed by atoms with Crippen LogP contribution in [0.25, 0.3) is 16.9 Å². The molecule has 1 aliphatic heterocycles. The van der Waals surface area contributed by atoms with Crippen LogP contribution in [0, 0.1) is 12.3 Å². The van der Waals surface area contributed by atoms with Gasteiger partial charge < -0.3 is 19.8 Å². The molecule has 1 amide bonds. The van der Waals surface area contributed by atoms with Crippen molar-refractivity contribution in [1.82, 2.24) is 19.8 Å². The number of rotatable bonds is 6. The highest BCUT2D eigenvalue weighted by atomic mass is 19.4. The third-order valence-corrected chi connectivity index (χ3v) is 8.96. The molecule has 3 aromatic heterocycles. The molecule has 0 bridgehead atoms. The maximum atomic E-state index is 13.4. The number of pyridine rings is 1. The number of hydrogen-bond acceptors (Lipinski definition) is 8. The van der Waals surface area contributed by atoms with Crippen molar-refractivity contribution < 1.29 is 45.5 Å². The predicted molar refractivity (Wildman–Crippen MR) is 145 cm³/mol. The van der Waals surface area contributed by atoms with Crippen molar-refractivity contribution in [2.45, 2.75) is 62.8 Å². The Kier molecular flexibility index (Phi) is 6.50. The molecule has 3 aliphatic rings. The van der Waals surface area contributed by atoms with Crippen molar-refractivity contribution in [1.29, 1.82) is 0 Å². The van der Waals surface area contributed by atoms with E-state index in [4.69, 9.17) is 4.52 Å². The number of halogens is 6. The lowest BCUT2D eigenvalue weighted by Crippen LogP contribution is -2.71. The zero-order valence-corrected chi connectivity index (χ0v) is 23.6. The number of aryl methyl sites for hydroxylation is 1. The number of nitrogens with one attached hydrogen (secondary N) is 1. The van der Waals surface area contributed by atoms with Gasteiger partial charge in [-0.05, 0) is 56.4 Å². The summed E-state index contributed by atoms with van der Waals surface area (Å²) in [5.41, 5.74) is 0.00928. The SMILES string of the molecule is Cc1ccc(-c2noc(C3CC(OC(F)(F)F)C3)n2)cc1NC(=O)c1cnn2ccc(N3CC4(C3)CC(O)(C(F)(F)F)C4)cc12. The maximum absolute atomic E-state index is 13.4. The van der Waals surface area contributed by atoms with E-state index < -0.39 is 35.6 Å². The average Bonchev–Trinajstić information content (AvgIpc) is 3.54. The molecular formula is C29H26F6N6O4. The summed E-state index contributed by atoms with van der Waals surface area (Å²) >= 11 is 0. The van der Waals surface area contributed by atoms with Gasteiger partial charge in [0.05, 0.1) is 23.4 Å². The Balaban J connectivity index is 1.03. The van der Waals surface area contributed by atoms with E-state index in [0.717, 1.165) is 11.3 Å². The lowest BCUT2D eigenvalue weighted by atomic mass is 9.55. The number of alkyl halides is 6. The summed E-state index contributed by atoms with van der Waals surface area (Å²) in [5.74, 6) is -0.367. The van der Waals surface area contributed by atoms with E-state index in [-0.39, 0.29) is 48.9 Å². The van der Waals surface area contributed by atoms with Crippen molar-refractivity contribution in [3.63, 3.8) is 0 Å². The number of ether oxygens (including phenoxy) is 1. The average molecular weight is 637 g/mol. The van der Waals surface area contributed by atoms with Crippen LogP contribution in [0.4, 0.5) is 37.7 Å². The zero-order valence-electron chi connectivity index (χ0n) is 23.6. The Morgan fingerprint density at radius 3 is 2.53 bits per heavy atom. The van der Waals surface area contributed by atoms with E-state index in [1.165, 1.54) is 10.7 Å². The molecule has 0 unspecified atom stereocenters. The predicted octanol–water partition coefficient (Wildman–Crippen LogP) is 5.62. The van der Waals surface area contributed by atoms with Crippen molar-refractivity contribution in [2.24, 2.45) is 5.41 Å². The molecular weight excluding hydrogens is 610 g/mol. The Morgan fingerprint density at radius 2 is 1.84 bits per heavy atom. The van der Waals surface area contributed by atoms with Crippen LogP contribution in [0.1, 0.15) is 53.4 Å². The lowest BCUT2D eigenvalue weighted by Gasteiger charge is -2.63. The van der Waals surface area contributed by atoms with Gasteiger partial charge in [-0.25, -0.2) is 4.52 Å². The molecule has 1 spiro atoms. The van der Waals surface area contributed by atoms with Crippen molar-refractivity contribution in [3.05, 3.63) is 59.7 Å². The molecule has 0 atom stereocenters. The third kappa shape index (κ3) is 5.28. The van der Waals surface area contributed by atoms with Crippen LogP contribution in [0.2, 0.25) is 0 Å². The van der Waals surface area contributed by atoms with Gasteiger partial charge in [0, 0.05) is 47.6 Å². The van der Waals surface area contributed by atoms with Gasteiger partial charge in [-0.3, -0.25) is 9.53 Å². The van der Waals surface area contributed by atoms with Gasteiger partial charge in [0.15, 0.2) is 5.60 Å². The number of aromatic nitrogens is 4. The summed E-state index contributed by atoms with van der Waals surface area (Å²) in [6.45, 7) is 2.53. The molecule has 2 aliphatic carbocycles. The zero-order chi connectivity index (χ0) is 31.9. The van der Waals surface area contributed by atoms with Gasteiger partial charge in [-0.1, -0.05) is 17.3 Å². The largest absolute Gasteiger partial charge is 0.522 e. The minimum Gasteiger partial charge on any atom is -0.380 e. The van der Waals surface area contributed by atoms with Gasteiger partial charge in [-0.15, -0.1) is 13.2 Å². The standard InChI is InChI=1S/C29H26F6N6O4/c1-15-2-3-16(23-38-25(45-39-23)17-6-19(7-17)44-29(33,34)35)8-21(15)37-24(42)20-10-36-41-5-4-18(9-22(20)41)40-13-26(14-40)11-27(43,12-26)28(30,31)32/h2-5,8-10,17,19,43H,6-7,11-14H2,1H3,(H,37,42). The summed E-state index contributed by atoms with van der Waals surface area (Å²) in [6.07, 6.45) is -7.66. The van der Waals surface area contributed by atoms with Gasteiger partial charge in [0.2, 0.25) is 11.7 Å². The highest BCUT2D eigenvalue weighted by molar-refractivity contribution is 6.09. The molecule has 2 N–H and O–H groups in total. The number of carbonyl (C=O) groups excluding carboxylic acids is 1. The molecule has 45 heavy (non-hydrogen) atoms.